The number of aliphatic hydroxyl groups excluding tert-OH is 3. The standard InChI is InChI=1S/C23H31N3O6/c24-21-16(11-26(23(30)25-21)22-19(29)18(28)17(12-27)32-22)20(15-9-5-2-6-10-15)31-13-14-7-3-1-4-8-14/h2,5-6,9-11,14,17-20,22,27-29H,1,3-4,7-8,12-13H2,(H2,24,25,30)/t17-,18-,19-,20?,22-/m1/s1. The third-order valence-corrected chi connectivity index (χ3v) is 6.41. The molecule has 0 amide bonds. The van der Waals surface area contributed by atoms with Crippen LogP contribution in [0.25, 0.3) is 0 Å². The number of anilines is 1. The summed E-state index contributed by atoms with van der Waals surface area (Å²) in [5.41, 5.74) is 6.77. The predicted molar refractivity (Wildman–Crippen MR) is 117 cm³/mol. The number of hydrogen-bond donors (Lipinski definition) is 4. The van der Waals surface area contributed by atoms with Crippen LogP contribution in [0.4, 0.5) is 5.82 Å². The highest BCUT2D eigenvalue weighted by Crippen LogP contribution is 2.34. The first-order valence-electron chi connectivity index (χ1n) is 11.2. The normalized spacial score (nSPS) is 27.5. The Kier molecular flexibility index (Phi) is 7.22. The molecule has 0 radical (unpaired) electrons. The molecule has 1 aliphatic carbocycles. The zero-order chi connectivity index (χ0) is 22.7. The second-order valence-electron chi connectivity index (χ2n) is 8.63. The molecule has 2 aromatic rings. The number of aliphatic hydroxyl groups is 3. The summed E-state index contributed by atoms with van der Waals surface area (Å²) in [6, 6.07) is 9.55. The van der Waals surface area contributed by atoms with E-state index in [2.05, 4.69) is 4.98 Å². The molecule has 1 saturated carbocycles. The van der Waals surface area contributed by atoms with Gasteiger partial charge in [-0.2, -0.15) is 4.98 Å². The maximum Gasteiger partial charge on any atom is 0.351 e. The second-order valence-corrected chi connectivity index (χ2v) is 8.63. The van der Waals surface area contributed by atoms with Gasteiger partial charge in [-0.25, -0.2) is 4.79 Å². The average molecular weight is 446 g/mol. The highest BCUT2D eigenvalue weighted by Gasteiger charge is 2.44. The van der Waals surface area contributed by atoms with Crippen LogP contribution in [0.3, 0.4) is 0 Å². The van der Waals surface area contributed by atoms with Crippen molar-refractivity contribution in [3.05, 3.63) is 58.1 Å². The van der Waals surface area contributed by atoms with Crippen molar-refractivity contribution < 1.29 is 24.8 Å². The Hall–Kier alpha value is -2.30. The topological polar surface area (TPSA) is 140 Å². The van der Waals surface area contributed by atoms with Gasteiger partial charge in [0.1, 0.15) is 30.2 Å². The van der Waals surface area contributed by atoms with Crippen molar-refractivity contribution in [2.75, 3.05) is 18.9 Å². The average Bonchev–Trinajstić information content (AvgIpc) is 3.10. The molecule has 1 saturated heterocycles. The molecule has 1 unspecified atom stereocenters. The van der Waals surface area contributed by atoms with Crippen LogP contribution >= 0.6 is 0 Å². The number of nitrogen functional groups attached to an aromatic ring is 1. The molecule has 9 nitrogen and oxygen atoms in total. The van der Waals surface area contributed by atoms with E-state index < -0.39 is 42.9 Å². The van der Waals surface area contributed by atoms with Crippen molar-refractivity contribution in [3.63, 3.8) is 0 Å². The lowest BCUT2D eigenvalue weighted by Crippen LogP contribution is -2.36. The molecule has 2 fully saturated rings. The van der Waals surface area contributed by atoms with Gasteiger partial charge in [0.15, 0.2) is 6.23 Å². The van der Waals surface area contributed by atoms with Crippen molar-refractivity contribution in [2.24, 2.45) is 5.92 Å². The SMILES string of the molecule is Nc1nc(=O)n([C@@H]2O[C@H](CO)[C@@H](O)[C@H]2O)cc1C(OCC1CCCCC1)c1ccccc1. The lowest BCUT2D eigenvalue weighted by atomic mass is 9.90. The van der Waals surface area contributed by atoms with Crippen molar-refractivity contribution in [3.8, 4) is 0 Å². The Morgan fingerprint density at radius 2 is 1.88 bits per heavy atom. The monoisotopic (exact) mass is 445 g/mol. The first kappa shape index (κ1) is 22.9. The quantitative estimate of drug-likeness (QED) is 0.497. The summed E-state index contributed by atoms with van der Waals surface area (Å²) < 4.78 is 13.0. The number of nitrogens with zero attached hydrogens (tertiary/aromatic N) is 2. The van der Waals surface area contributed by atoms with Gasteiger partial charge in [-0.1, -0.05) is 49.6 Å². The van der Waals surface area contributed by atoms with Gasteiger partial charge in [0.05, 0.1) is 13.2 Å². The van der Waals surface area contributed by atoms with Gasteiger partial charge in [-0.05, 0) is 24.3 Å². The Morgan fingerprint density at radius 3 is 2.53 bits per heavy atom. The Balaban J connectivity index is 1.67. The van der Waals surface area contributed by atoms with E-state index in [0.717, 1.165) is 23.0 Å². The summed E-state index contributed by atoms with van der Waals surface area (Å²) in [6.45, 7) is 0.0713. The molecule has 0 bridgehead atoms. The van der Waals surface area contributed by atoms with Crippen LogP contribution in [-0.2, 0) is 9.47 Å². The molecule has 0 spiro atoms. The zero-order valence-electron chi connectivity index (χ0n) is 17.9. The molecule has 2 aliphatic rings. The molecule has 1 aliphatic heterocycles. The molecule has 174 valence electrons. The minimum absolute atomic E-state index is 0.0375. The summed E-state index contributed by atoms with van der Waals surface area (Å²) >= 11 is 0. The van der Waals surface area contributed by atoms with Gasteiger partial charge in [0.25, 0.3) is 0 Å². The molecule has 5 N–H and O–H groups in total. The van der Waals surface area contributed by atoms with Gasteiger partial charge < -0.3 is 30.5 Å². The Labute approximate surface area is 186 Å². The molecule has 4 rings (SSSR count). The first-order valence-corrected chi connectivity index (χ1v) is 11.2. The number of hydrogen-bond acceptors (Lipinski definition) is 8. The van der Waals surface area contributed by atoms with Gasteiger partial charge in [-0.15, -0.1) is 0 Å². The van der Waals surface area contributed by atoms with Crippen LogP contribution in [0.1, 0.15) is 55.6 Å². The number of aromatic nitrogens is 2. The van der Waals surface area contributed by atoms with E-state index in [1.54, 1.807) is 0 Å². The number of benzene rings is 1. The van der Waals surface area contributed by atoms with Crippen LogP contribution in [0.5, 0.6) is 0 Å². The van der Waals surface area contributed by atoms with E-state index >= 15 is 0 Å². The largest absolute Gasteiger partial charge is 0.394 e. The molecule has 9 heteroatoms. The fourth-order valence-electron chi connectivity index (χ4n) is 4.57. The summed E-state index contributed by atoms with van der Waals surface area (Å²) in [6.07, 6.45) is 1.88. The van der Waals surface area contributed by atoms with Gasteiger partial charge in [-0.3, -0.25) is 4.57 Å². The molecular weight excluding hydrogens is 414 g/mol. The van der Waals surface area contributed by atoms with E-state index in [0.29, 0.717) is 18.1 Å². The number of ether oxygens (including phenoxy) is 2. The fraction of sp³-hybridized carbons (Fsp3) is 0.565. The summed E-state index contributed by atoms with van der Waals surface area (Å²) in [5, 5.41) is 29.9. The van der Waals surface area contributed by atoms with Crippen molar-refractivity contribution in [2.45, 2.75) is 62.7 Å². The summed E-state index contributed by atoms with van der Waals surface area (Å²) in [4.78, 5) is 16.5. The van der Waals surface area contributed by atoms with Gasteiger partial charge >= 0.3 is 5.69 Å². The van der Waals surface area contributed by atoms with Crippen LogP contribution in [0, 0.1) is 5.92 Å². The van der Waals surface area contributed by atoms with Crippen LogP contribution in [-0.4, -0.2) is 56.4 Å². The smallest absolute Gasteiger partial charge is 0.351 e. The lowest BCUT2D eigenvalue weighted by Gasteiger charge is -2.27. The maximum absolute atomic E-state index is 12.6. The summed E-state index contributed by atoms with van der Waals surface area (Å²) in [7, 11) is 0. The third kappa shape index (κ3) is 4.72. The molecule has 2 heterocycles. The highest BCUT2D eigenvalue weighted by atomic mass is 16.6. The molecular formula is C23H31N3O6. The van der Waals surface area contributed by atoms with Crippen molar-refractivity contribution in [1.82, 2.24) is 9.55 Å². The fourth-order valence-corrected chi connectivity index (χ4v) is 4.57. The minimum Gasteiger partial charge on any atom is -0.394 e. The third-order valence-electron chi connectivity index (χ3n) is 6.41. The maximum atomic E-state index is 12.6. The van der Waals surface area contributed by atoms with Crippen molar-refractivity contribution >= 4 is 5.82 Å². The van der Waals surface area contributed by atoms with Gasteiger partial charge in [0.2, 0.25) is 0 Å². The summed E-state index contributed by atoms with van der Waals surface area (Å²) in [5.74, 6) is 0.506. The van der Waals surface area contributed by atoms with Crippen LogP contribution < -0.4 is 11.4 Å². The minimum atomic E-state index is -1.40. The second kappa shape index (κ2) is 10.1. The van der Waals surface area contributed by atoms with E-state index in [9.17, 15) is 20.1 Å². The Morgan fingerprint density at radius 1 is 1.16 bits per heavy atom. The molecule has 1 aromatic carbocycles. The van der Waals surface area contributed by atoms with E-state index in [1.165, 1.54) is 25.5 Å². The Bertz CT molecular complexity index is 946. The molecule has 32 heavy (non-hydrogen) atoms. The van der Waals surface area contributed by atoms with Crippen LogP contribution in [0.15, 0.2) is 41.3 Å². The van der Waals surface area contributed by atoms with Crippen LogP contribution in [0.2, 0.25) is 0 Å². The molecule has 1 aromatic heterocycles. The van der Waals surface area contributed by atoms with Gasteiger partial charge in [0, 0.05) is 11.8 Å². The highest BCUT2D eigenvalue weighted by molar-refractivity contribution is 5.43. The molecule has 5 atom stereocenters. The first-order chi connectivity index (χ1) is 15.5. The lowest BCUT2D eigenvalue weighted by molar-refractivity contribution is -0.0553. The van der Waals surface area contributed by atoms with Crippen molar-refractivity contribution in [1.29, 1.82) is 0 Å². The zero-order valence-corrected chi connectivity index (χ0v) is 17.9. The van der Waals surface area contributed by atoms with E-state index in [-0.39, 0.29) is 5.82 Å². The van der Waals surface area contributed by atoms with E-state index in [4.69, 9.17) is 15.2 Å². The van der Waals surface area contributed by atoms with E-state index in [1.807, 2.05) is 30.3 Å². The number of nitrogens with two attached hydrogens (primary N) is 1. The predicted octanol–water partition coefficient (Wildman–Crippen LogP) is 1.12. The number of rotatable bonds is 7.